The molecule has 11 aliphatic rings. The molecule has 0 bridgehead atoms. The van der Waals surface area contributed by atoms with E-state index in [0.29, 0.717) is 67.3 Å². The third kappa shape index (κ3) is 19.7. The molecular formula is C82H93NO9. The molecule has 10 nitrogen and oxygen atoms in total. The Morgan fingerprint density at radius 3 is 1.52 bits per heavy atom. The predicted octanol–water partition coefficient (Wildman–Crippen LogP) is 15.3. The number of benzene rings is 3. The number of amides is 1. The number of terminal acetylenes is 1. The number of hydrogen-bond acceptors (Lipinski definition) is 8. The highest BCUT2D eigenvalue weighted by molar-refractivity contribution is 5.90. The number of carbonyl (C=O) groups excluding carboxylic acids is 3. The van der Waals surface area contributed by atoms with Crippen molar-refractivity contribution < 1.29 is 43.6 Å². The third-order valence-electron chi connectivity index (χ3n) is 20.7. The van der Waals surface area contributed by atoms with E-state index in [1.54, 1.807) is 12.1 Å². The Hall–Kier alpha value is -8.04. The van der Waals surface area contributed by atoms with Gasteiger partial charge in [-0.25, -0.2) is 14.4 Å². The zero-order valence-corrected chi connectivity index (χ0v) is 54.3. The number of alkyl carbamates (subject to hydrolysis) is 1. The number of fused-ring (bicyclic) bond motifs is 7. The average molecular weight is 1240 g/mol. The van der Waals surface area contributed by atoms with Gasteiger partial charge in [0.25, 0.3) is 0 Å². The maximum atomic E-state index is 11.9. The van der Waals surface area contributed by atoms with E-state index in [2.05, 4.69) is 103 Å². The van der Waals surface area contributed by atoms with Gasteiger partial charge in [-0.05, 0) is 188 Å². The highest BCUT2D eigenvalue weighted by Crippen LogP contribution is 2.56. The van der Waals surface area contributed by atoms with E-state index in [0.717, 1.165) is 165 Å². The first-order valence-corrected chi connectivity index (χ1v) is 34.4. The van der Waals surface area contributed by atoms with Gasteiger partial charge >= 0.3 is 18.2 Å². The van der Waals surface area contributed by atoms with Gasteiger partial charge in [0, 0.05) is 100 Å². The van der Waals surface area contributed by atoms with E-state index < -0.39 is 30.4 Å². The minimum Gasteiger partial charge on any atom is -0.478 e. The fourth-order valence-corrected chi connectivity index (χ4v) is 15.4. The number of aliphatic hydroxyl groups is 1. The van der Waals surface area contributed by atoms with E-state index in [9.17, 15) is 19.2 Å². The first-order valence-electron chi connectivity index (χ1n) is 34.4. The molecule has 11 aliphatic carbocycles. The number of ether oxygens (including phenoxy) is 3. The van der Waals surface area contributed by atoms with Crippen molar-refractivity contribution in [1.29, 1.82) is 0 Å². The second kappa shape index (κ2) is 35.1. The van der Waals surface area contributed by atoms with Gasteiger partial charge in [-0.2, -0.15) is 0 Å². The van der Waals surface area contributed by atoms with Crippen LogP contribution in [-0.4, -0.2) is 60.1 Å². The normalized spacial score (nSPS) is 28.5. The zero-order chi connectivity index (χ0) is 64.6. The van der Waals surface area contributed by atoms with Crippen molar-refractivity contribution in [2.24, 2.45) is 71.0 Å². The van der Waals surface area contributed by atoms with E-state index in [-0.39, 0.29) is 12.3 Å². The van der Waals surface area contributed by atoms with E-state index >= 15 is 0 Å². The summed E-state index contributed by atoms with van der Waals surface area (Å²) in [7, 11) is 0. The summed E-state index contributed by atoms with van der Waals surface area (Å²) in [6.07, 6.45) is 29.4. The second-order valence-corrected chi connectivity index (χ2v) is 26.2. The highest BCUT2D eigenvalue weighted by atomic mass is 16.7. The lowest BCUT2D eigenvalue weighted by Crippen LogP contribution is -2.27. The van der Waals surface area contributed by atoms with Gasteiger partial charge in [0.05, 0.1) is 18.7 Å². The van der Waals surface area contributed by atoms with Crippen LogP contribution in [0.4, 0.5) is 9.59 Å². The molecule has 10 atom stereocenters. The Morgan fingerprint density at radius 2 is 1.03 bits per heavy atom. The first-order chi connectivity index (χ1) is 45.0. The molecule has 0 radical (unpaired) electrons. The molecule has 480 valence electrons. The van der Waals surface area contributed by atoms with Crippen molar-refractivity contribution >= 4 is 24.0 Å². The molecule has 3 aromatic carbocycles. The Bertz CT molecular complexity index is 3340. The van der Waals surface area contributed by atoms with Crippen LogP contribution in [0, 0.1) is 154 Å². The van der Waals surface area contributed by atoms with Gasteiger partial charge < -0.3 is 29.7 Å². The van der Waals surface area contributed by atoms with Gasteiger partial charge in [-0.1, -0.05) is 93.5 Å². The molecule has 0 saturated heterocycles. The number of hydrogen-bond donors (Lipinski definition) is 3. The van der Waals surface area contributed by atoms with Crippen molar-refractivity contribution in [3.8, 4) is 83.4 Å². The summed E-state index contributed by atoms with van der Waals surface area (Å²) in [6.45, 7) is 9.35. The van der Waals surface area contributed by atoms with Crippen LogP contribution >= 0.6 is 0 Å². The summed E-state index contributed by atoms with van der Waals surface area (Å²) in [4.78, 5) is 46.0. The lowest BCUT2D eigenvalue weighted by atomic mass is 9.92. The number of ketones is 1. The SMILES string of the molecule is C#CCNC(=O)OC1Cc2ccccc2C#Cc2ccccc21.C=C1CCC(=O)C1OC(=O)OCC1C2CCC#CCCC21.CCC1C2CCC#CCCC12.CCC1C2CCC#CCCC12.O=C(O)c1ccc2c(c1)CCC#CCC2.OCC1C2CCC#CCCC12. The van der Waals surface area contributed by atoms with Gasteiger partial charge in [0.1, 0.15) is 6.10 Å². The van der Waals surface area contributed by atoms with Crippen LogP contribution in [0.15, 0.2) is 78.9 Å². The van der Waals surface area contributed by atoms with E-state index in [1.165, 1.54) is 56.9 Å². The molecule has 10 heteroatoms. The van der Waals surface area contributed by atoms with Crippen LogP contribution in [0.1, 0.15) is 205 Å². The number of carbonyl (C=O) groups is 4. The fourth-order valence-electron chi connectivity index (χ4n) is 15.4. The molecule has 5 saturated carbocycles. The summed E-state index contributed by atoms with van der Waals surface area (Å²) in [5, 5.41) is 20.4. The Labute approximate surface area is 548 Å². The minimum absolute atomic E-state index is 0.0813. The summed E-state index contributed by atoms with van der Waals surface area (Å²) in [5.41, 5.74) is 7.23. The monoisotopic (exact) mass is 1240 g/mol. The minimum atomic E-state index is -0.856. The Kier molecular flexibility index (Phi) is 26.1. The van der Waals surface area contributed by atoms with Crippen LogP contribution in [0.3, 0.4) is 0 Å². The second-order valence-electron chi connectivity index (χ2n) is 26.2. The summed E-state index contributed by atoms with van der Waals surface area (Å²) in [5.74, 6) is 49.9. The van der Waals surface area contributed by atoms with Crippen molar-refractivity contribution in [2.75, 3.05) is 19.8 Å². The Balaban J connectivity index is 0.000000134. The molecule has 92 heavy (non-hydrogen) atoms. The number of aryl methyl sites for hydroxylation is 2. The smallest absolute Gasteiger partial charge is 0.478 e. The molecule has 0 heterocycles. The van der Waals surface area contributed by atoms with Gasteiger partial charge in [0.15, 0.2) is 11.9 Å². The molecule has 14 rings (SSSR count). The standard InChI is InChI=1S/C20H15NO2.C17H20O4.C13H12O2.2C11H16.C10H14O/c1-2-13-21-20(22)23-19-14-17-9-4-3-7-15(17)11-12-16-8-5-6-10-18(16)19;1-11-8-9-15(18)16(11)21-17(19)20-10-14-12-6-4-2-3-5-7-13(12)14;14-13(15)12-8-7-10-5-3-1-2-4-6-11(10)9-12;2*1-2-9-10-7-5-3-4-6-8-11(9)10;11-7-10-8-5-3-1-2-4-6-9(8)10/h1,3-10,19H,13-14H2,(H,21,22);12-14,16H,1,4-10H2;7-9H,3-6H2,(H,14,15);2*9-11H,2,5-8H2,1H3;8-11H,3-7H2. The molecule has 10 unspecified atom stereocenters. The lowest BCUT2D eigenvalue weighted by Gasteiger charge is -2.21. The van der Waals surface area contributed by atoms with Crippen molar-refractivity contribution in [3.63, 3.8) is 0 Å². The molecule has 3 aromatic rings. The van der Waals surface area contributed by atoms with Gasteiger partial charge in [-0.15, -0.1) is 65.6 Å². The molecule has 1 amide bonds. The van der Waals surface area contributed by atoms with Crippen LogP contribution < -0.4 is 5.32 Å². The predicted molar refractivity (Wildman–Crippen MR) is 361 cm³/mol. The molecular weight excluding hydrogens is 1140 g/mol. The number of nitrogens with one attached hydrogen (secondary N) is 1. The molecule has 3 N–H and O–H groups in total. The topological polar surface area (TPSA) is 148 Å². The van der Waals surface area contributed by atoms with Crippen LogP contribution in [0.2, 0.25) is 0 Å². The number of carboxylic acids is 1. The van der Waals surface area contributed by atoms with Crippen LogP contribution in [0.5, 0.6) is 0 Å². The average Bonchev–Trinajstić information content (AvgIpc) is 1.10. The first kappa shape index (κ1) is 68.3. The number of Topliss-reactive ketones (excluding diaryl/α,β-unsaturated/α-hetero) is 1. The number of rotatable bonds is 9. The Morgan fingerprint density at radius 1 is 0.565 bits per heavy atom. The van der Waals surface area contributed by atoms with Crippen LogP contribution in [-0.2, 0) is 38.3 Å². The van der Waals surface area contributed by atoms with E-state index in [4.69, 9.17) is 30.8 Å². The van der Waals surface area contributed by atoms with Gasteiger partial charge in [-0.3, -0.25) is 4.79 Å². The number of carboxylic acid groups (broad SMARTS) is 1. The lowest BCUT2D eigenvalue weighted by molar-refractivity contribution is -0.124. The van der Waals surface area contributed by atoms with Crippen molar-refractivity contribution in [2.45, 2.75) is 187 Å². The van der Waals surface area contributed by atoms with E-state index in [1.807, 2.05) is 54.6 Å². The molecule has 5 fully saturated rings. The van der Waals surface area contributed by atoms with Crippen LogP contribution in [0.25, 0.3) is 0 Å². The highest BCUT2D eigenvalue weighted by Gasteiger charge is 2.51. The molecule has 0 aliphatic heterocycles. The quantitative estimate of drug-likeness (QED) is 0.108. The summed E-state index contributed by atoms with van der Waals surface area (Å²) >= 11 is 0. The zero-order valence-electron chi connectivity index (χ0n) is 54.3. The summed E-state index contributed by atoms with van der Waals surface area (Å²) < 4.78 is 15.9. The molecule has 0 spiro atoms. The van der Waals surface area contributed by atoms with Crippen molar-refractivity contribution in [1.82, 2.24) is 5.32 Å². The number of aliphatic hydroxyl groups excluding tert-OH is 1. The summed E-state index contributed by atoms with van der Waals surface area (Å²) in [6, 6.07) is 21.0. The largest absolute Gasteiger partial charge is 0.509 e. The molecule has 0 aromatic heterocycles. The number of aromatic carboxylic acids is 1. The van der Waals surface area contributed by atoms with Crippen molar-refractivity contribution in [3.05, 3.63) is 118 Å². The maximum absolute atomic E-state index is 11.9. The van der Waals surface area contributed by atoms with Gasteiger partial charge in [0.2, 0.25) is 0 Å². The third-order valence-corrected chi connectivity index (χ3v) is 20.7. The maximum Gasteiger partial charge on any atom is 0.509 e. The fraction of sp³-hybridized carbons (Fsp3) is 0.537.